The average molecular weight is 378 g/mol. The maximum absolute atomic E-state index is 12.7. The summed E-state index contributed by atoms with van der Waals surface area (Å²) in [7, 11) is 1.64. The molecule has 144 valence electrons. The van der Waals surface area contributed by atoms with Crippen molar-refractivity contribution in [3.8, 4) is 5.75 Å². The van der Waals surface area contributed by atoms with Crippen molar-refractivity contribution >= 4 is 11.6 Å². The molecule has 0 unspecified atom stereocenters. The molecule has 3 aromatic rings. The van der Waals surface area contributed by atoms with E-state index in [0.717, 1.165) is 22.6 Å². The monoisotopic (exact) mass is 378 g/mol. The van der Waals surface area contributed by atoms with Gasteiger partial charge in [0.1, 0.15) is 11.9 Å². The zero-order valence-corrected chi connectivity index (χ0v) is 16.1. The molecule has 4 rings (SSSR count). The number of methoxy groups -OCH3 is 1. The van der Waals surface area contributed by atoms with Crippen LogP contribution in [0.2, 0.25) is 0 Å². The minimum atomic E-state index is -0.281. The van der Waals surface area contributed by atoms with Crippen LogP contribution in [0.3, 0.4) is 0 Å². The third-order valence-electron chi connectivity index (χ3n) is 5.07. The summed E-state index contributed by atoms with van der Waals surface area (Å²) in [5.74, 6) is 0.516. The van der Waals surface area contributed by atoms with Crippen LogP contribution < -0.4 is 10.1 Å². The average Bonchev–Trinajstić information content (AvgIpc) is 3.14. The molecule has 28 heavy (non-hydrogen) atoms. The van der Waals surface area contributed by atoms with Crippen LogP contribution in [0.15, 0.2) is 42.5 Å². The van der Waals surface area contributed by atoms with Gasteiger partial charge in [-0.05, 0) is 54.8 Å². The van der Waals surface area contributed by atoms with Gasteiger partial charge in [-0.3, -0.25) is 4.79 Å². The molecule has 7 nitrogen and oxygen atoms in total. The topological polar surface area (TPSA) is 78.3 Å². The second-order valence-electron chi connectivity index (χ2n) is 6.89. The van der Waals surface area contributed by atoms with Crippen LogP contribution in [0.5, 0.6) is 5.75 Å². The lowest BCUT2D eigenvalue weighted by atomic mass is 10.1. The minimum absolute atomic E-state index is 0.143. The summed E-state index contributed by atoms with van der Waals surface area (Å²) in [6.45, 7) is 4.83. The molecule has 0 fully saturated rings. The first-order chi connectivity index (χ1) is 13.5. The van der Waals surface area contributed by atoms with Gasteiger partial charge in [0, 0.05) is 5.69 Å². The molecular weight excluding hydrogens is 356 g/mol. The second-order valence-corrected chi connectivity index (χ2v) is 6.89. The van der Waals surface area contributed by atoms with Crippen LogP contribution in [-0.2, 0) is 17.9 Å². The summed E-state index contributed by atoms with van der Waals surface area (Å²) in [5.41, 5.74) is 5.05. The van der Waals surface area contributed by atoms with Crippen LogP contribution in [0.25, 0.3) is 0 Å². The highest BCUT2D eigenvalue weighted by Crippen LogP contribution is 2.28. The third kappa shape index (κ3) is 3.48. The number of amides is 1. The molecule has 0 aliphatic carbocycles. The van der Waals surface area contributed by atoms with Gasteiger partial charge in [-0.2, -0.15) is 0 Å². The van der Waals surface area contributed by atoms with Gasteiger partial charge in [0.05, 0.1) is 26.0 Å². The summed E-state index contributed by atoms with van der Waals surface area (Å²) in [6, 6.07) is 13.5. The van der Waals surface area contributed by atoms with Crippen LogP contribution in [-0.4, -0.2) is 28.0 Å². The van der Waals surface area contributed by atoms with E-state index in [9.17, 15) is 4.79 Å². The van der Waals surface area contributed by atoms with Gasteiger partial charge < -0.3 is 14.8 Å². The molecule has 0 bridgehead atoms. The lowest BCUT2D eigenvalue weighted by molar-refractivity contribution is -0.00173. The number of nitrogens with one attached hydrogen (secondary N) is 1. The number of ether oxygens (including phenoxy) is 2. The predicted molar refractivity (Wildman–Crippen MR) is 104 cm³/mol. The maximum atomic E-state index is 12.7. The molecule has 2 aromatic carbocycles. The van der Waals surface area contributed by atoms with E-state index in [-0.39, 0.29) is 18.6 Å². The first kappa shape index (κ1) is 18.2. The smallest absolute Gasteiger partial charge is 0.278 e. The number of nitrogens with zero attached hydrogens (tertiary/aromatic N) is 3. The fourth-order valence-electron chi connectivity index (χ4n) is 3.22. The summed E-state index contributed by atoms with van der Waals surface area (Å²) < 4.78 is 12.9. The summed E-state index contributed by atoms with van der Waals surface area (Å²) in [5, 5.41) is 11.1. The number of anilines is 1. The van der Waals surface area contributed by atoms with Gasteiger partial charge in [-0.25, -0.2) is 4.68 Å². The highest BCUT2D eigenvalue weighted by molar-refractivity contribution is 6.03. The number of hydrogen-bond acceptors (Lipinski definition) is 5. The van der Waals surface area contributed by atoms with Crippen LogP contribution in [0, 0.1) is 13.8 Å². The highest BCUT2D eigenvalue weighted by Gasteiger charge is 2.27. The van der Waals surface area contributed by atoms with Crippen LogP contribution in [0.1, 0.15) is 39.0 Å². The number of benzene rings is 2. The Morgan fingerprint density at radius 3 is 2.68 bits per heavy atom. The Hall–Kier alpha value is -3.19. The summed E-state index contributed by atoms with van der Waals surface area (Å²) >= 11 is 0. The van der Waals surface area contributed by atoms with Gasteiger partial charge >= 0.3 is 0 Å². The Kier molecular flexibility index (Phi) is 4.83. The highest BCUT2D eigenvalue weighted by atomic mass is 16.5. The number of carbonyl (C=O) groups is 1. The standard InChI is InChI=1S/C21H22N4O3/c1-13-4-7-16(10-14(13)2)22-21(26)20-18-12-28-19(11-25(18)24-23-20)15-5-8-17(27-3)9-6-15/h4-10,19H,11-12H2,1-3H3,(H,22,26)/t19-/m0/s1. The molecule has 1 aliphatic rings. The van der Waals surface area contributed by atoms with Crippen molar-refractivity contribution in [1.29, 1.82) is 0 Å². The van der Waals surface area contributed by atoms with Crippen molar-refractivity contribution < 1.29 is 14.3 Å². The van der Waals surface area contributed by atoms with Crippen molar-refractivity contribution in [2.24, 2.45) is 0 Å². The van der Waals surface area contributed by atoms with Gasteiger partial charge in [-0.15, -0.1) is 5.10 Å². The molecule has 2 heterocycles. The van der Waals surface area contributed by atoms with Gasteiger partial charge in [0.2, 0.25) is 0 Å². The molecule has 1 aromatic heterocycles. The Morgan fingerprint density at radius 1 is 1.18 bits per heavy atom. The molecule has 0 saturated carbocycles. The molecule has 1 aliphatic heterocycles. The molecule has 0 saturated heterocycles. The van der Waals surface area contributed by atoms with Gasteiger partial charge in [0.15, 0.2) is 5.69 Å². The van der Waals surface area contributed by atoms with E-state index in [1.165, 1.54) is 5.56 Å². The largest absolute Gasteiger partial charge is 0.497 e. The predicted octanol–water partition coefficient (Wildman–Crippen LogP) is 3.43. The fourth-order valence-corrected chi connectivity index (χ4v) is 3.22. The third-order valence-corrected chi connectivity index (χ3v) is 5.07. The normalized spacial score (nSPS) is 15.8. The molecule has 1 N–H and O–H groups in total. The quantitative estimate of drug-likeness (QED) is 0.753. The number of aromatic nitrogens is 3. The van der Waals surface area contributed by atoms with Crippen LogP contribution >= 0.6 is 0 Å². The Labute approximate surface area is 163 Å². The lowest BCUT2D eigenvalue weighted by Crippen LogP contribution is -2.24. The zero-order valence-electron chi connectivity index (χ0n) is 16.1. The lowest BCUT2D eigenvalue weighted by Gasteiger charge is -2.24. The first-order valence-electron chi connectivity index (χ1n) is 9.11. The van der Waals surface area contributed by atoms with E-state index in [1.807, 2.05) is 56.3 Å². The molecule has 0 radical (unpaired) electrons. The minimum Gasteiger partial charge on any atom is -0.497 e. The maximum Gasteiger partial charge on any atom is 0.278 e. The SMILES string of the molecule is COc1ccc([C@@H]2Cn3nnc(C(=O)Nc4ccc(C)c(C)c4)c3CO2)cc1. The van der Waals surface area contributed by atoms with Gasteiger partial charge in [0.25, 0.3) is 5.91 Å². The molecule has 1 amide bonds. The number of aryl methyl sites for hydroxylation is 2. The fraction of sp³-hybridized carbons (Fsp3) is 0.286. The first-order valence-corrected chi connectivity index (χ1v) is 9.11. The number of rotatable bonds is 4. The Bertz CT molecular complexity index is 1010. The van der Waals surface area contributed by atoms with Crippen molar-refractivity contribution in [1.82, 2.24) is 15.0 Å². The molecule has 0 spiro atoms. The number of hydrogen-bond donors (Lipinski definition) is 1. The summed E-state index contributed by atoms with van der Waals surface area (Å²) in [4.78, 5) is 12.7. The molecule has 7 heteroatoms. The van der Waals surface area contributed by atoms with E-state index in [1.54, 1.807) is 11.8 Å². The van der Waals surface area contributed by atoms with Crippen molar-refractivity contribution in [3.05, 3.63) is 70.5 Å². The second kappa shape index (κ2) is 7.44. The van der Waals surface area contributed by atoms with E-state index >= 15 is 0 Å². The Balaban J connectivity index is 1.49. The van der Waals surface area contributed by atoms with Crippen molar-refractivity contribution in [2.75, 3.05) is 12.4 Å². The van der Waals surface area contributed by atoms with Crippen molar-refractivity contribution in [2.45, 2.75) is 33.1 Å². The number of fused-ring (bicyclic) bond motifs is 1. The van der Waals surface area contributed by atoms with Crippen molar-refractivity contribution in [3.63, 3.8) is 0 Å². The van der Waals surface area contributed by atoms with E-state index in [0.29, 0.717) is 17.9 Å². The molecule has 1 atom stereocenters. The van der Waals surface area contributed by atoms with E-state index in [2.05, 4.69) is 15.6 Å². The van der Waals surface area contributed by atoms with Gasteiger partial charge in [-0.1, -0.05) is 23.4 Å². The zero-order chi connectivity index (χ0) is 19.7. The molecular formula is C21H22N4O3. The Morgan fingerprint density at radius 2 is 1.96 bits per heavy atom. The number of carbonyl (C=O) groups excluding carboxylic acids is 1. The summed E-state index contributed by atoms with van der Waals surface area (Å²) in [6.07, 6.45) is -0.143. The van der Waals surface area contributed by atoms with E-state index in [4.69, 9.17) is 9.47 Å². The van der Waals surface area contributed by atoms with E-state index < -0.39 is 0 Å². The van der Waals surface area contributed by atoms with Crippen LogP contribution in [0.4, 0.5) is 5.69 Å².